The summed E-state index contributed by atoms with van der Waals surface area (Å²) in [4.78, 5) is 11.0. The van der Waals surface area contributed by atoms with Gasteiger partial charge in [0.05, 0.1) is 11.3 Å². The van der Waals surface area contributed by atoms with Crippen LogP contribution in [-0.2, 0) is 6.42 Å². The van der Waals surface area contributed by atoms with Crippen LogP contribution in [0, 0.1) is 11.8 Å². The fourth-order valence-corrected chi connectivity index (χ4v) is 2.22. The summed E-state index contributed by atoms with van der Waals surface area (Å²) < 4.78 is 0. The number of anilines is 1. The second-order valence-electron chi connectivity index (χ2n) is 4.73. The molecule has 2 N–H and O–H groups in total. The van der Waals surface area contributed by atoms with Crippen LogP contribution in [0.1, 0.15) is 29.8 Å². The minimum absolute atomic E-state index is 0.389. The van der Waals surface area contributed by atoms with Crippen LogP contribution in [0.25, 0.3) is 0 Å². The summed E-state index contributed by atoms with van der Waals surface area (Å²) in [5.41, 5.74) is 2.33. The molecule has 1 aromatic rings. The van der Waals surface area contributed by atoms with Gasteiger partial charge in [0, 0.05) is 6.54 Å². The number of carbonyl (C=O) groups is 1. The van der Waals surface area contributed by atoms with Crippen molar-refractivity contribution in [2.45, 2.75) is 20.3 Å². The molecule has 1 aliphatic rings. The molecule has 0 radical (unpaired) electrons. The van der Waals surface area contributed by atoms with Gasteiger partial charge in [-0.05, 0) is 29.9 Å². The third-order valence-corrected chi connectivity index (χ3v) is 3.35. The third kappa shape index (κ3) is 1.90. The van der Waals surface area contributed by atoms with E-state index < -0.39 is 5.97 Å². The summed E-state index contributed by atoms with van der Waals surface area (Å²) in [6.45, 7) is 5.28. The van der Waals surface area contributed by atoms with E-state index in [0.29, 0.717) is 17.4 Å². The average Bonchev–Trinajstić information content (AvgIpc) is 2.27. The molecular formula is C13H17NO2. The van der Waals surface area contributed by atoms with Crippen LogP contribution in [0.15, 0.2) is 18.2 Å². The van der Waals surface area contributed by atoms with Gasteiger partial charge in [0.2, 0.25) is 0 Å². The first-order valence-corrected chi connectivity index (χ1v) is 5.68. The average molecular weight is 219 g/mol. The van der Waals surface area contributed by atoms with Crippen LogP contribution in [0.5, 0.6) is 0 Å². The molecule has 0 saturated heterocycles. The number of rotatable bonds is 2. The number of hydrogen-bond acceptors (Lipinski definition) is 2. The van der Waals surface area contributed by atoms with Crippen molar-refractivity contribution in [1.82, 2.24) is 0 Å². The van der Waals surface area contributed by atoms with Crippen molar-refractivity contribution in [1.29, 1.82) is 0 Å². The molecule has 1 heterocycles. The van der Waals surface area contributed by atoms with Gasteiger partial charge in [-0.2, -0.15) is 0 Å². The number of para-hydroxylation sites is 1. The number of nitrogens with one attached hydrogen (secondary N) is 1. The highest BCUT2D eigenvalue weighted by atomic mass is 16.4. The van der Waals surface area contributed by atoms with Gasteiger partial charge in [-0.25, -0.2) is 4.79 Å². The molecule has 0 aromatic heterocycles. The van der Waals surface area contributed by atoms with E-state index in [-0.39, 0.29) is 0 Å². The summed E-state index contributed by atoms with van der Waals surface area (Å²) >= 11 is 0. The topological polar surface area (TPSA) is 49.3 Å². The highest BCUT2D eigenvalue weighted by Crippen LogP contribution is 2.31. The lowest BCUT2D eigenvalue weighted by Gasteiger charge is -2.29. The van der Waals surface area contributed by atoms with Crippen molar-refractivity contribution in [3.05, 3.63) is 29.3 Å². The predicted molar refractivity (Wildman–Crippen MR) is 63.9 cm³/mol. The van der Waals surface area contributed by atoms with Crippen molar-refractivity contribution >= 4 is 11.7 Å². The molecule has 3 heteroatoms. The Labute approximate surface area is 95.5 Å². The van der Waals surface area contributed by atoms with Gasteiger partial charge in [0.1, 0.15) is 0 Å². The van der Waals surface area contributed by atoms with Gasteiger partial charge >= 0.3 is 5.97 Å². The Morgan fingerprint density at radius 3 is 2.88 bits per heavy atom. The van der Waals surface area contributed by atoms with E-state index in [1.165, 1.54) is 0 Å². The van der Waals surface area contributed by atoms with Crippen LogP contribution in [0.2, 0.25) is 0 Å². The van der Waals surface area contributed by atoms with Crippen LogP contribution in [-0.4, -0.2) is 17.6 Å². The second-order valence-corrected chi connectivity index (χ2v) is 4.73. The Morgan fingerprint density at radius 1 is 1.50 bits per heavy atom. The molecule has 0 fully saturated rings. The van der Waals surface area contributed by atoms with Gasteiger partial charge < -0.3 is 10.4 Å². The molecule has 0 aliphatic carbocycles. The van der Waals surface area contributed by atoms with Gasteiger partial charge in [-0.1, -0.05) is 26.0 Å². The molecule has 2 rings (SSSR count). The first kappa shape index (κ1) is 11.0. The Balaban J connectivity index is 2.34. The van der Waals surface area contributed by atoms with E-state index in [1.807, 2.05) is 12.1 Å². The smallest absolute Gasteiger partial charge is 0.337 e. The van der Waals surface area contributed by atoms with Gasteiger partial charge in [-0.3, -0.25) is 0 Å². The maximum absolute atomic E-state index is 11.0. The summed E-state index contributed by atoms with van der Waals surface area (Å²) in [6, 6.07) is 5.50. The lowest BCUT2D eigenvalue weighted by Crippen LogP contribution is -2.28. The Morgan fingerprint density at radius 2 is 2.25 bits per heavy atom. The highest BCUT2D eigenvalue weighted by molar-refractivity contribution is 5.95. The van der Waals surface area contributed by atoms with E-state index >= 15 is 0 Å². The van der Waals surface area contributed by atoms with E-state index in [0.717, 1.165) is 24.2 Å². The first-order valence-electron chi connectivity index (χ1n) is 5.68. The number of fused-ring (bicyclic) bond motifs is 1. The molecule has 86 valence electrons. The first-order chi connectivity index (χ1) is 7.59. The minimum atomic E-state index is -0.854. The zero-order valence-electron chi connectivity index (χ0n) is 9.66. The predicted octanol–water partition coefficient (Wildman–Crippen LogP) is 2.62. The molecule has 0 spiro atoms. The molecule has 16 heavy (non-hydrogen) atoms. The molecule has 1 aromatic carbocycles. The molecule has 0 saturated carbocycles. The number of benzene rings is 1. The zero-order valence-corrected chi connectivity index (χ0v) is 9.66. The van der Waals surface area contributed by atoms with Gasteiger partial charge in [0.15, 0.2) is 0 Å². The van der Waals surface area contributed by atoms with Crippen LogP contribution in [0.3, 0.4) is 0 Å². The van der Waals surface area contributed by atoms with E-state index in [4.69, 9.17) is 5.11 Å². The third-order valence-electron chi connectivity index (χ3n) is 3.35. The van der Waals surface area contributed by atoms with Crippen molar-refractivity contribution < 1.29 is 9.90 Å². The van der Waals surface area contributed by atoms with E-state index in [9.17, 15) is 4.79 Å². The molecule has 1 aliphatic heterocycles. The SMILES string of the molecule is CC(C)C1CNc2c(cccc2C(=O)O)C1. The second kappa shape index (κ2) is 4.16. The number of aromatic carboxylic acids is 1. The Bertz CT molecular complexity index is 412. The zero-order chi connectivity index (χ0) is 11.7. The molecule has 3 nitrogen and oxygen atoms in total. The fourth-order valence-electron chi connectivity index (χ4n) is 2.22. The number of carboxylic acid groups (broad SMARTS) is 1. The Kier molecular flexibility index (Phi) is 2.86. The van der Waals surface area contributed by atoms with Gasteiger partial charge in [0.25, 0.3) is 0 Å². The van der Waals surface area contributed by atoms with Crippen molar-refractivity contribution in [3.8, 4) is 0 Å². The summed E-state index contributed by atoms with van der Waals surface area (Å²) in [5.74, 6) is 0.359. The lowest BCUT2D eigenvalue weighted by atomic mass is 9.85. The van der Waals surface area contributed by atoms with Crippen molar-refractivity contribution in [2.24, 2.45) is 11.8 Å². The standard InChI is InChI=1S/C13H17NO2/c1-8(2)10-6-9-4-3-5-11(13(15)16)12(9)14-7-10/h3-5,8,10,14H,6-7H2,1-2H3,(H,15,16). The quantitative estimate of drug-likeness (QED) is 0.803. The highest BCUT2D eigenvalue weighted by Gasteiger charge is 2.23. The number of carboxylic acids is 1. The van der Waals surface area contributed by atoms with Crippen LogP contribution < -0.4 is 5.32 Å². The molecule has 0 amide bonds. The largest absolute Gasteiger partial charge is 0.478 e. The van der Waals surface area contributed by atoms with Gasteiger partial charge in [-0.15, -0.1) is 0 Å². The number of hydrogen-bond donors (Lipinski definition) is 2. The lowest BCUT2D eigenvalue weighted by molar-refractivity contribution is 0.0697. The molecule has 1 unspecified atom stereocenters. The van der Waals surface area contributed by atoms with Crippen molar-refractivity contribution in [2.75, 3.05) is 11.9 Å². The molecule has 1 atom stereocenters. The maximum atomic E-state index is 11.0. The Hall–Kier alpha value is -1.51. The molecular weight excluding hydrogens is 202 g/mol. The monoisotopic (exact) mass is 219 g/mol. The van der Waals surface area contributed by atoms with Crippen LogP contribution in [0.4, 0.5) is 5.69 Å². The summed E-state index contributed by atoms with van der Waals surface area (Å²) in [6.07, 6.45) is 0.973. The maximum Gasteiger partial charge on any atom is 0.337 e. The minimum Gasteiger partial charge on any atom is -0.478 e. The van der Waals surface area contributed by atoms with E-state index in [2.05, 4.69) is 19.2 Å². The normalized spacial score (nSPS) is 19.1. The summed E-state index contributed by atoms with van der Waals surface area (Å²) in [5, 5.41) is 12.3. The van der Waals surface area contributed by atoms with Crippen LogP contribution >= 0.6 is 0 Å². The van der Waals surface area contributed by atoms with E-state index in [1.54, 1.807) is 6.07 Å². The summed E-state index contributed by atoms with van der Waals surface area (Å²) in [7, 11) is 0. The molecule has 0 bridgehead atoms. The fraction of sp³-hybridized carbons (Fsp3) is 0.462. The van der Waals surface area contributed by atoms with Crippen molar-refractivity contribution in [3.63, 3.8) is 0 Å².